The van der Waals surface area contributed by atoms with E-state index in [2.05, 4.69) is 5.10 Å². The molecule has 0 saturated heterocycles. The van der Waals surface area contributed by atoms with Crippen molar-refractivity contribution in [1.82, 2.24) is 9.78 Å². The number of anilines is 1. The maximum atomic E-state index is 12.1. The Balaban J connectivity index is 2.97. The van der Waals surface area contributed by atoms with Crippen molar-refractivity contribution >= 4 is 5.82 Å². The highest BCUT2D eigenvalue weighted by atomic mass is 19.4. The van der Waals surface area contributed by atoms with Crippen LogP contribution in [0.4, 0.5) is 32.2 Å². The number of nitrogens with zero attached hydrogens (tertiary/aromatic N) is 2. The zero-order chi connectivity index (χ0) is 13.4. The van der Waals surface area contributed by atoms with Crippen molar-refractivity contribution in [2.24, 2.45) is 0 Å². The summed E-state index contributed by atoms with van der Waals surface area (Å²) in [6, 6.07) is 0. The predicted molar refractivity (Wildman–Crippen MR) is 43.7 cm³/mol. The minimum Gasteiger partial charge on any atom is -0.382 e. The molecule has 1 heterocycles. The minimum atomic E-state index is -5.01. The molecule has 1 unspecified atom stereocenters. The highest BCUT2D eigenvalue weighted by Crippen LogP contribution is 2.35. The molecule has 0 saturated carbocycles. The van der Waals surface area contributed by atoms with Gasteiger partial charge < -0.3 is 10.8 Å². The fourth-order valence-electron chi connectivity index (χ4n) is 1.10. The van der Waals surface area contributed by atoms with Gasteiger partial charge in [0.15, 0.2) is 11.9 Å². The van der Waals surface area contributed by atoms with Gasteiger partial charge in [-0.05, 0) is 0 Å². The van der Waals surface area contributed by atoms with Crippen LogP contribution in [-0.2, 0) is 6.54 Å². The lowest BCUT2D eigenvalue weighted by atomic mass is 10.2. The molecule has 17 heavy (non-hydrogen) atoms. The molecule has 1 aromatic rings. The van der Waals surface area contributed by atoms with Gasteiger partial charge in [0.05, 0.1) is 5.56 Å². The molecule has 10 heteroatoms. The second-order valence-corrected chi connectivity index (χ2v) is 3.23. The number of aromatic nitrogens is 2. The molecule has 0 radical (unpaired) electrons. The van der Waals surface area contributed by atoms with Gasteiger partial charge in [-0.2, -0.15) is 31.4 Å². The van der Waals surface area contributed by atoms with Crippen molar-refractivity contribution in [3.05, 3.63) is 11.8 Å². The van der Waals surface area contributed by atoms with Gasteiger partial charge in [0.2, 0.25) is 0 Å². The van der Waals surface area contributed by atoms with Crippen LogP contribution in [0, 0.1) is 0 Å². The second kappa shape index (κ2) is 4.09. The standard InChI is InChI=1S/C7H7F6N3O/c8-6(9,10)2-16-1-3(5(14)15-16)4(17)7(11,12)13/h1,4,17H,2H2,(H2,14,15). The molecule has 0 amide bonds. The van der Waals surface area contributed by atoms with Crippen LogP contribution in [0.1, 0.15) is 11.7 Å². The van der Waals surface area contributed by atoms with Gasteiger partial charge >= 0.3 is 12.4 Å². The van der Waals surface area contributed by atoms with Crippen LogP contribution in [0.3, 0.4) is 0 Å². The van der Waals surface area contributed by atoms with Crippen LogP contribution in [0.25, 0.3) is 0 Å². The molecular formula is C7H7F6N3O. The van der Waals surface area contributed by atoms with Gasteiger partial charge in [-0.3, -0.25) is 4.68 Å². The van der Waals surface area contributed by atoms with E-state index in [-0.39, 0.29) is 4.68 Å². The van der Waals surface area contributed by atoms with Gasteiger partial charge in [-0.15, -0.1) is 0 Å². The Kier molecular flexibility index (Phi) is 3.28. The number of halogens is 6. The van der Waals surface area contributed by atoms with E-state index in [0.717, 1.165) is 0 Å². The number of alkyl halides is 6. The van der Waals surface area contributed by atoms with E-state index in [9.17, 15) is 26.3 Å². The molecule has 0 aliphatic rings. The molecule has 0 fully saturated rings. The molecule has 98 valence electrons. The molecule has 1 aromatic heterocycles. The van der Waals surface area contributed by atoms with E-state index in [0.29, 0.717) is 6.20 Å². The number of hydrogen-bond acceptors (Lipinski definition) is 3. The van der Waals surface area contributed by atoms with Gasteiger partial charge in [0.25, 0.3) is 0 Å². The zero-order valence-electron chi connectivity index (χ0n) is 8.05. The Hall–Kier alpha value is -1.45. The van der Waals surface area contributed by atoms with E-state index < -0.39 is 36.4 Å². The first-order chi connectivity index (χ1) is 7.50. The molecular weight excluding hydrogens is 256 g/mol. The lowest BCUT2D eigenvalue weighted by Crippen LogP contribution is -2.21. The van der Waals surface area contributed by atoms with Crippen molar-refractivity contribution in [2.75, 3.05) is 5.73 Å². The van der Waals surface area contributed by atoms with Gasteiger partial charge in [0.1, 0.15) is 6.54 Å². The first-order valence-corrected chi connectivity index (χ1v) is 4.15. The zero-order valence-corrected chi connectivity index (χ0v) is 8.05. The van der Waals surface area contributed by atoms with E-state index in [1.807, 2.05) is 0 Å². The molecule has 0 bridgehead atoms. The fraction of sp³-hybridized carbons (Fsp3) is 0.571. The molecule has 3 N–H and O–H groups in total. The average molecular weight is 263 g/mol. The monoisotopic (exact) mass is 263 g/mol. The highest BCUT2D eigenvalue weighted by Gasteiger charge is 2.42. The van der Waals surface area contributed by atoms with E-state index in [1.54, 1.807) is 0 Å². The minimum absolute atomic E-state index is 0.194. The Morgan fingerprint density at radius 1 is 1.29 bits per heavy atom. The first-order valence-electron chi connectivity index (χ1n) is 4.15. The average Bonchev–Trinajstić information content (AvgIpc) is 2.40. The van der Waals surface area contributed by atoms with Crippen LogP contribution in [0.2, 0.25) is 0 Å². The van der Waals surface area contributed by atoms with Crippen LogP contribution >= 0.6 is 0 Å². The quantitative estimate of drug-likeness (QED) is 0.797. The fourth-order valence-corrected chi connectivity index (χ4v) is 1.10. The molecule has 4 nitrogen and oxygen atoms in total. The van der Waals surface area contributed by atoms with Crippen LogP contribution in [0.5, 0.6) is 0 Å². The third kappa shape index (κ3) is 3.51. The topological polar surface area (TPSA) is 64.1 Å². The molecule has 1 rings (SSSR count). The predicted octanol–water partition coefficient (Wildman–Crippen LogP) is 1.62. The molecule has 1 atom stereocenters. The van der Waals surface area contributed by atoms with Crippen molar-refractivity contribution < 1.29 is 31.4 Å². The van der Waals surface area contributed by atoms with Gasteiger partial charge in [0, 0.05) is 6.20 Å². The summed E-state index contributed by atoms with van der Waals surface area (Å²) < 4.78 is 72.3. The lowest BCUT2D eigenvalue weighted by molar-refractivity contribution is -0.206. The smallest absolute Gasteiger partial charge is 0.382 e. The number of aliphatic hydroxyl groups is 1. The molecule has 0 spiro atoms. The van der Waals surface area contributed by atoms with Gasteiger partial charge in [-0.25, -0.2) is 0 Å². The summed E-state index contributed by atoms with van der Waals surface area (Å²) in [6.07, 6.45) is -12.2. The lowest BCUT2D eigenvalue weighted by Gasteiger charge is -2.12. The van der Waals surface area contributed by atoms with E-state index in [1.165, 1.54) is 0 Å². The first kappa shape index (κ1) is 13.6. The van der Waals surface area contributed by atoms with Crippen molar-refractivity contribution in [3.8, 4) is 0 Å². The van der Waals surface area contributed by atoms with E-state index in [4.69, 9.17) is 10.8 Å². The Morgan fingerprint density at radius 2 is 1.82 bits per heavy atom. The molecule has 0 aliphatic carbocycles. The van der Waals surface area contributed by atoms with Crippen molar-refractivity contribution in [3.63, 3.8) is 0 Å². The van der Waals surface area contributed by atoms with Gasteiger partial charge in [-0.1, -0.05) is 0 Å². The Bertz CT molecular complexity index is 395. The summed E-state index contributed by atoms with van der Waals surface area (Å²) in [5.74, 6) is -0.793. The largest absolute Gasteiger partial charge is 0.418 e. The number of hydrogen-bond donors (Lipinski definition) is 2. The Labute approximate surface area is 90.6 Å². The van der Waals surface area contributed by atoms with Crippen LogP contribution in [-0.4, -0.2) is 27.2 Å². The normalized spacial score (nSPS) is 15.0. The summed E-state index contributed by atoms with van der Waals surface area (Å²) in [4.78, 5) is 0. The number of nitrogens with two attached hydrogens (primary N) is 1. The second-order valence-electron chi connectivity index (χ2n) is 3.23. The number of aliphatic hydroxyl groups excluding tert-OH is 1. The van der Waals surface area contributed by atoms with Crippen LogP contribution < -0.4 is 5.73 Å². The summed E-state index contributed by atoms with van der Waals surface area (Å²) in [5.41, 5.74) is 4.10. The third-order valence-corrected chi connectivity index (χ3v) is 1.77. The summed E-state index contributed by atoms with van der Waals surface area (Å²) in [5, 5.41) is 11.9. The molecule has 0 aromatic carbocycles. The van der Waals surface area contributed by atoms with Crippen LogP contribution in [0.15, 0.2) is 6.20 Å². The maximum absolute atomic E-state index is 12.1. The number of rotatable bonds is 2. The third-order valence-electron chi connectivity index (χ3n) is 1.77. The molecule has 0 aliphatic heterocycles. The highest BCUT2D eigenvalue weighted by molar-refractivity contribution is 5.39. The number of nitrogen functional groups attached to an aromatic ring is 1. The summed E-state index contributed by atoms with van der Waals surface area (Å²) in [7, 11) is 0. The maximum Gasteiger partial charge on any atom is 0.418 e. The summed E-state index contributed by atoms with van der Waals surface area (Å²) >= 11 is 0. The summed E-state index contributed by atoms with van der Waals surface area (Å²) in [6.45, 7) is -1.58. The SMILES string of the molecule is Nc1nn(CC(F)(F)F)cc1C(O)C(F)(F)F. The van der Waals surface area contributed by atoms with Crippen molar-refractivity contribution in [1.29, 1.82) is 0 Å². The Morgan fingerprint density at radius 3 is 2.24 bits per heavy atom. The van der Waals surface area contributed by atoms with Crippen molar-refractivity contribution in [2.45, 2.75) is 25.0 Å². The van der Waals surface area contributed by atoms with E-state index >= 15 is 0 Å².